The van der Waals surface area contributed by atoms with E-state index in [1.165, 1.54) is 6.07 Å². The van der Waals surface area contributed by atoms with Crippen molar-refractivity contribution in [3.05, 3.63) is 58.9 Å². The maximum Gasteiger partial charge on any atom is 0.146 e. The van der Waals surface area contributed by atoms with Crippen LogP contribution in [0.3, 0.4) is 0 Å². The summed E-state index contributed by atoms with van der Waals surface area (Å²) >= 11 is 10.9. The second-order valence-electron chi connectivity index (χ2n) is 3.66. The first-order valence-electron chi connectivity index (χ1n) is 5.19. The third-order valence-corrected chi connectivity index (χ3v) is 2.92. The maximum absolute atomic E-state index is 13.4. The van der Waals surface area contributed by atoms with E-state index in [1.54, 1.807) is 36.4 Å². The summed E-state index contributed by atoms with van der Waals surface area (Å²) in [5.41, 5.74) is 7.17. The molecule has 0 aliphatic carbocycles. The van der Waals surface area contributed by atoms with Crippen molar-refractivity contribution in [2.75, 3.05) is 5.32 Å². The van der Waals surface area contributed by atoms with Gasteiger partial charge in [0, 0.05) is 11.3 Å². The first-order valence-corrected chi connectivity index (χ1v) is 5.97. The van der Waals surface area contributed by atoms with Gasteiger partial charge in [-0.25, -0.2) is 4.39 Å². The molecule has 3 N–H and O–H groups in total. The summed E-state index contributed by atoms with van der Waals surface area (Å²) in [5, 5.41) is 3.37. The summed E-state index contributed by atoms with van der Waals surface area (Å²) in [6.45, 7) is 0. The van der Waals surface area contributed by atoms with Gasteiger partial charge in [0.25, 0.3) is 0 Å². The SMILES string of the molecule is NC(=S)c1ccc(Nc2ccccc2F)cc1Cl. The highest BCUT2D eigenvalue weighted by Gasteiger charge is 2.06. The second kappa shape index (κ2) is 5.33. The minimum absolute atomic E-state index is 0.234. The number of thiocarbonyl (C=S) groups is 1. The number of nitrogens with two attached hydrogens (primary N) is 1. The Morgan fingerprint density at radius 3 is 2.56 bits per heavy atom. The molecule has 2 rings (SSSR count). The molecule has 0 atom stereocenters. The van der Waals surface area contributed by atoms with Gasteiger partial charge in [0.15, 0.2) is 0 Å². The largest absolute Gasteiger partial charge is 0.389 e. The van der Waals surface area contributed by atoms with Crippen LogP contribution in [-0.4, -0.2) is 4.99 Å². The predicted molar refractivity (Wildman–Crippen MR) is 77.0 cm³/mol. The Hall–Kier alpha value is -1.65. The summed E-state index contributed by atoms with van der Waals surface area (Å²) in [5.74, 6) is -0.327. The monoisotopic (exact) mass is 280 g/mol. The first kappa shape index (κ1) is 12.8. The number of nitrogens with one attached hydrogen (secondary N) is 1. The third-order valence-electron chi connectivity index (χ3n) is 2.39. The molecule has 2 nitrogen and oxygen atoms in total. The van der Waals surface area contributed by atoms with E-state index in [1.807, 2.05) is 0 Å². The molecule has 92 valence electrons. The van der Waals surface area contributed by atoms with Crippen molar-refractivity contribution in [1.82, 2.24) is 0 Å². The molecule has 0 radical (unpaired) electrons. The molecule has 0 saturated heterocycles. The van der Waals surface area contributed by atoms with Crippen LogP contribution in [0.1, 0.15) is 5.56 Å². The van der Waals surface area contributed by atoms with Gasteiger partial charge in [-0.1, -0.05) is 36.0 Å². The maximum atomic E-state index is 13.4. The molecule has 0 amide bonds. The molecular weight excluding hydrogens is 271 g/mol. The van der Waals surface area contributed by atoms with Crippen molar-refractivity contribution in [2.24, 2.45) is 5.73 Å². The lowest BCUT2D eigenvalue weighted by atomic mass is 10.2. The molecule has 0 aliphatic rings. The van der Waals surface area contributed by atoms with Gasteiger partial charge in [0.1, 0.15) is 10.8 Å². The average molecular weight is 281 g/mol. The van der Waals surface area contributed by atoms with Crippen LogP contribution in [0.15, 0.2) is 42.5 Å². The van der Waals surface area contributed by atoms with Crippen LogP contribution in [0.25, 0.3) is 0 Å². The Morgan fingerprint density at radius 1 is 1.22 bits per heavy atom. The third kappa shape index (κ3) is 2.78. The number of para-hydroxylation sites is 1. The zero-order valence-corrected chi connectivity index (χ0v) is 10.9. The molecule has 2 aromatic carbocycles. The van der Waals surface area contributed by atoms with Crippen LogP contribution in [0, 0.1) is 5.82 Å². The number of hydrogen-bond donors (Lipinski definition) is 2. The Morgan fingerprint density at radius 2 is 1.94 bits per heavy atom. The van der Waals surface area contributed by atoms with Crippen molar-refractivity contribution < 1.29 is 4.39 Å². The van der Waals surface area contributed by atoms with Gasteiger partial charge in [0.2, 0.25) is 0 Å². The van der Waals surface area contributed by atoms with Gasteiger partial charge in [-0.05, 0) is 30.3 Å². The van der Waals surface area contributed by atoms with E-state index >= 15 is 0 Å². The minimum Gasteiger partial charge on any atom is -0.389 e. The van der Waals surface area contributed by atoms with Gasteiger partial charge in [0.05, 0.1) is 10.7 Å². The summed E-state index contributed by atoms with van der Waals surface area (Å²) in [4.78, 5) is 0.234. The fourth-order valence-electron chi connectivity index (χ4n) is 1.51. The minimum atomic E-state index is -0.327. The van der Waals surface area contributed by atoms with Crippen LogP contribution >= 0.6 is 23.8 Å². The number of rotatable bonds is 3. The van der Waals surface area contributed by atoms with E-state index in [-0.39, 0.29) is 10.8 Å². The lowest BCUT2D eigenvalue weighted by molar-refractivity contribution is 0.632. The van der Waals surface area contributed by atoms with Crippen LogP contribution < -0.4 is 11.1 Å². The van der Waals surface area contributed by atoms with Crippen molar-refractivity contribution in [3.8, 4) is 0 Å². The van der Waals surface area contributed by atoms with Crippen LogP contribution in [-0.2, 0) is 0 Å². The Balaban J connectivity index is 2.29. The molecule has 0 spiro atoms. The van der Waals surface area contributed by atoms with Crippen molar-refractivity contribution in [1.29, 1.82) is 0 Å². The highest BCUT2D eigenvalue weighted by atomic mass is 35.5. The van der Waals surface area contributed by atoms with Gasteiger partial charge < -0.3 is 11.1 Å². The smallest absolute Gasteiger partial charge is 0.146 e. The summed E-state index contributed by atoms with van der Waals surface area (Å²) in [7, 11) is 0. The molecule has 0 aliphatic heterocycles. The summed E-state index contributed by atoms with van der Waals surface area (Å²) in [6.07, 6.45) is 0. The quantitative estimate of drug-likeness (QED) is 0.839. The zero-order chi connectivity index (χ0) is 13.1. The van der Waals surface area contributed by atoms with E-state index < -0.39 is 0 Å². The molecule has 0 fully saturated rings. The molecule has 18 heavy (non-hydrogen) atoms. The van der Waals surface area contributed by atoms with Crippen LogP contribution in [0.5, 0.6) is 0 Å². The van der Waals surface area contributed by atoms with E-state index in [0.29, 0.717) is 22.0 Å². The highest BCUT2D eigenvalue weighted by Crippen LogP contribution is 2.24. The fraction of sp³-hybridized carbons (Fsp3) is 0. The standard InChI is InChI=1S/C13H10ClFN2S/c14-10-7-8(5-6-9(10)13(16)18)17-12-4-2-1-3-11(12)15/h1-7,17H,(H2,16,18). The summed E-state index contributed by atoms with van der Waals surface area (Å²) in [6, 6.07) is 11.5. The number of halogens is 2. The second-order valence-corrected chi connectivity index (χ2v) is 4.51. The number of anilines is 2. The topological polar surface area (TPSA) is 38.0 Å². The molecular formula is C13H10ClFN2S. The molecule has 0 unspecified atom stereocenters. The molecule has 5 heteroatoms. The first-order chi connectivity index (χ1) is 8.58. The average Bonchev–Trinajstić information content (AvgIpc) is 2.32. The van der Waals surface area contributed by atoms with Gasteiger partial charge in [-0.15, -0.1) is 0 Å². The number of benzene rings is 2. The van der Waals surface area contributed by atoms with Crippen LogP contribution in [0.4, 0.5) is 15.8 Å². The van der Waals surface area contributed by atoms with Crippen molar-refractivity contribution in [3.63, 3.8) is 0 Å². The molecule has 0 heterocycles. The summed E-state index contributed by atoms with van der Waals surface area (Å²) < 4.78 is 13.4. The van der Waals surface area contributed by atoms with E-state index in [9.17, 15) is 4.39 Å². The Labute approximate surface area is 115 Å². The van der Waals surface area contributed by atoms with Gasteiger partial charge in [-0.2, -0.15) is 0 Å². The molecule has 0 saturated carbocycles. The highest BCUT2D eigenvalue weighted by molar-refractivity contribution is 7.80. The normalized spacial score (nSPS) is 10.1. The lowest BCUT2D eigenvalue weighted by Crippen LogP contribution is -2.10. The van der Waals surface area contributed by atoms with Gasteiger partial charge >= 0.3 is 0 Å². The molecule has 2 aromatic rings. The molecule has 0 aromatic heterocycles. The number of hydrogen-bond acceptors (Lipinski definition) is 2. The van der Waals surface area contributed by atoms with E-state index in [2.05, 4.69) is 5.32 Å². The Bertz CT molecular complexity index is 601. The van der Waals surface area contributed by atoms with Crippen molar-refractivity contribution >= 4 is 40.2 Å². The van der Waals surface area contributed by atoms with Crippen LogP contribution in [0.2, 0.25) is 5.02 Å². The lowest BCUT2D eigenvalue weighted by Gasteiger charge is -2.09. The van der Waals surface area contributed by atoms with E-state index in [0.717, 1.165) is 0 Å². The van der Waals surface area contributed by atoms with E-state index in [4.69, 9.17) is 29.6 Å². The molecule has 0 bridgehead atoms. The zero-order valence-electron chi connectivity index (χ0n) is 9.28. The van der Waals surface area contributed by atoms with Crippen molar-refractivity contribution in [2.45, 2.75) is 0 Å². The predicted octanol–water partition coefficient (Wildman–Crippen LogP) is 3.86. The van der Waals surface area contributed by atoms with Gasteiger partial charge in [-0.3, -0.25) is 0 Å². The Kier molecular flexibility index (Phi) is 3.79. The fourth-order valence-corrected chi connectivity index (χ4v) is 2.03.